The van der Waals surface area contributed by atoms with Crippen molar-refractivity contribution in [1.29, 1.82) is 0 Å². The second kappa shape index (κ2) is 6.11. The third-order valence-corrected chi connectivity index (χ3v) is 2.82. The van der Waals surface area contributed by atoms with E-state index >= 15 is 0 Å². The largest absolute Gasteiger partial charge is 0.368 e. The number of primary amides is 1. The highest BCUT2D eigenvalue weighted by Gasteiger charge is 2.17. The Morgan fingerprint density at radius 1 is 1.16 bits per heavy atom. The van der Waals surface area contributed by atoms with E-state index in [9.17, 15) is 9.18 Å². The quantitative estimate of drug-likeness (QED) is 0.863. The summed E-state index contributed by atoms with van der Waals surface area (Å²) in [4.78, 5) is 11.5. The monoisotopic (exact) mass is 258 g/mol. The molecule has 3 N–H and O–H groups in total. The molecule has 2 aromatic carbocycles. The maximum absolute atomic E-state index is 13.2. The molecule has 1 amide bonds. The van der Waals surface area contributed by atoms with Crippen LogP contribution >= 0.6 is 0 Å². The molecule has 0 bridgehead atoms. The molecule has 4 heteroatoms. The van der Waals surface area contributed by atoms with E-state index in [2.05, 4.69) is 5.32 Å². The second-order valence-corrected chi connectivity index (χ2v) is 4.26. The van der Waals surface area contributed by atoms with Crippen LogP contribution in [0.5, 0.6) is 0 Å². The standard InChI is InChI=1S/C15H15FN2O/c16-13-8-4-7-12(9-13)14(15(17)19)18-10-11-5-2-1-3-6-11/h1-9,14,18H,10H2,(H2,17,19). The lowest BCUT2D eigenvalue weighted by atomic mass is 10.1. The van der Waals surface area contributed by atoms with Crippen molar-refractivity contribution in [2.75, 3.05) is 0 Å². The molecular weight excluding hydrogens is 243 g/mol. The Hall–Kier alpha value is -2.20. The van der Waals surface area contributed by atoms with Crippen LogP contribution in [0.25, 0.3) is 0 Å². The van der Waals surface area contributed by atoms with E-state index in [0.717, 1.165) is 5.56 Å². The summed E-state index contributed by atoms with van der Waals surface area (Å²) < 4.78 is 13.2. The van der Waals surface area contributed by atoms with E-state index in [4.69, 9.17) is 5.73 Å². The molecular formula is C15H15FN2O. The summed E-state index contributed by atoms with van der Waals surface area (Å²) in [6, 6.07) is 14.8. The predicted octanol–water partition coefficient (Wildman–Crippen LogP) is 2.14. The molecule has 3 nitrogen and oxygen atoms in total. The first-order valence-electron chi connectivity index (χ1n) is 5.99. The molecule has 98 valence electrons. The average molecular weight is 258 g/mol. The van der Waals surface area contributed by atoms with Crippen LogP contribution in [-0.2, 0) is 11.3 Å². The van der Waals surface area contributed by atoms with E-state index < -0.39 is 11.9 Å². The van der Waals surface area contributed by atoms with Gasteiger partial charge in [0.1, 0.15) is 11.9 Å². The van der Waals surface area contributed by atoms with Crippen LogP contribution in [0.3, 0.4) is 0 Å². The van der Waals surface area contributed by atoms with Crippen molar-refractivity contribution in [1.82, 2.24) is 5.32 Å². The number of carbonyl (C=O) groups is 1. The van der Waals surface area contributed by atoms with Crippen molar-refractivity contribution < 1.29 is 9.18 Å². The van der Waals surface area contributed by atoms with Crippen LogP contribution in [0.1, 0.15) is 17.2 Å². The minimum atomic E-state index is -0.698. The number of nitrogens with two attached hydrogens (primary N) is 1. The van der Waals surface area contributed by atoms with Crippen molar-refractivity contribution in [3.8, 4) is 0 Å². The molecule has 0 aromatic heterocycles. The fraction of sp³-hybridized carbons (Fsp3) is 0.133. The van der Waals surface area contributed by atoms with Gasteiger partial charge in [-0.05, 0) is 23.3 Å². The highest BCUT2D eigenvalue weighted by Crippen LogP contribution is 2.14. The number of rotatable bonds is 5. The number of halogens is 1. The van der Waals surface area contributed by atoms with Gasteiger partial charge in [-0.3, -0.25) is 10.1 Å². The Kier molecular flexibility index (Phi) is 4.26. The smallest absolute Gasteiger partial charge is 0.239 e. The van der Waals surface area contributed by atoms with Gasteiger partial charge in [0.2, 0.25) is 5.91 Å². The number of amides is 1. The summed E-state index contributed by atoms with van der Waals surface area (Å²) >= 11 is 0. The Labute approximate surface area is 111 Å². The molecule has 0 spiro atoms. The molecule has 0 saturated heterocycles. The van der Waals surface area contributed by atoms with Gasteiger partial charge in [-0.25, -0.2) is 4.39 Å². The first-order valence-corrected chi connectivity index (χ1v) is 5.99. The molecule has 0 radical (unpaired) electrons. The van der Waals surface area contributed by atoms with Gasteiger partial charge in [0.15, 0.2) is 0 Å². The summed E-state index contributed by atoms with van der Waals surface area (Å²) in [6.45, 7) is 0.491. The lowest BCUT2D eigenvalue weighted by molar-refractivity contribution is -0.120. The normalized spacial score (nSPS) is 12.1. The van der Waals surface area contributed by atoms with Crippen molar-refractivity contribution >= 4 is 5.91 Å². The lowest BCUT2D eigenvalue weighted by Gasteiger charge is -2.16. The van der Waals surface area contributed by atoms with Gasteiger partial charge in [-0.15, -0.1) is 0 Å². The Morgan fingerprint density at radius 3 is 2.53 bits per heavy atom. The number of carbonyl (C=O) groups excluding carboxylic acids is 1. The molecule has 19 heavy (non-hydrogen) atoms. The van der Waals surface area contributed by atoms with Gasteiger partial charge < -0.3 is 5.73 Å². The summed E-state index contributed by atoms with van der Waals surface area (Å²) in [7, 11) is 0. The van der Waals surface area contributed by atoms with Crippen LogP contribution in [0, 0.1) is 5.82 Å². The molecule has 0 fully saturated rings. The van der Waals surface area contributed by atoms with E-state index in [1.165, 1.54) is 12.1 Å². The second-order valence-electron chi connectivity index (χ2n) is 4.26. The van der Waals surface area contributed by atoms with Crippen molar-refractivity contribution in [2.45, 2.75) is 12.6 Å². The van der Waals surface area contributed by atoms with Gasteiger partial charge in [-0.2, -0.15) is 0 Å². The highest BCUT2D eigenvalue weighted by molar-refractivity contribution is 5.81. The van der Waals surface area contributed by atoms with Crippen LogP contribution in [0.15, 0.2) is 54.6 Å². The van der Waals surface area contributed by atoms with Gasteiger partial charge >= 0.3 is 0 Å². The highest BCUT2D eigenvalue weighted by atomic mass is 19.1. The summed E-state index contributed by atoms with van der Waals surface area (Å²) in [6.07, 6.45) is 0. The number of hydrogen-bond acceptors (Lipinski definition) is 2. The Morgan fingerprint density at radius 2 is 1.89 bits per heavy atom. The fourth-order valence-corrected chi connectivity index (χ4v) is 1.88. The van der Waals surface area contributed by atoms with Gasteiger partial charge in [0.25, 0.3) is 0 Å². The van der Waals surface area contributed by atoms with E-state index in [1.807, 2.05) is 30.3 Å². The first-order chi connectivity index (χ1) is 9.16. The van der Waals surface area contributed by atoms with Gasteiger partial charge in [0.05, 0.1) is 0 Å². The summed E-state index contributed by atoms with van der Waals surface area (Å²) in [5.74, 6) is -0.910. The minimum Gasteiger partial charge on any atom is -0.368 e. The maximum atomic E-state index is 13.2. The molecule has 0 aliphatic rings. The van der Waals surface area contributed by atoms with Crippen molar-refractivity contribution in [2.24, 2.45) is 5.73 Å². The molecule has 0 saturated carbocycles. The molecule has 1 atom stereocenters. The molecule has 1 unspecified atom stereocenters. The molecule has 0 heterocycles. The predicted molar refractivity (Wildman–Crippen MR) is 71.6 cm³/mol. The SMILES string of the molecule is NC(=O)C(NCc1ccccc1)c1cccc(F)c1. The number of nitrogens with one attached hydrogen (secondary N) is 1. The van der Waals surface area contributed by atoms with E-state index in [1.54, 1.807) is 12.1 Å². The fourth-order valence-electron chi connectivity index (χ4n) is 1.88. The lowest BCUT2D eigenvalue weighted by Crippen LogP contribution is -2.33. The zero-order chi connectivity index (χ0) is 13.7. The minimum absolute atomic E-state index is 0.384. The van der Waals surface area contributed by atoms with Crippen molar-refractivity contribution in [3.05, 3.63) is 71.5 Å². The Balaban J connectivity index is 2.11. The summed E-state index contributed by atoms with van der Waals surface area (Å²) in [5.41, 5.74) is 6.92. The van der Waals surface area contributed by atoms with E-state index in [-0.39, 0.29) is 5.82 Å². The van der Waals surface area contributed by atoms with Crippen LogP contribution < -0.4 is 11.1 Å². The van der Waals surface area contributed by atoms with Crippen LogP contribution in [-0.4, -0.2) is 5.91 Å². The van der Waals surface area contributed by atoms with Gasteiger partial charge in [-0.1, -0.05) is 42.5 Å². The maximum Gasteiger partial charge on any atom is 0.239 e. The topological polar surface area (TPSA) is 55.1 Å². The zero-order valence-corrected chi connectivity index (χ0v) is 10.3. The molecule has 0 aliphatic heterocycles. The molecule has 0 aliphatic carbocycles. The van der Waals surface area contributed by atoms with Crippen LogP contribution in [0.4, 0.5) is 4.39 Å². The van der Waals surface area contributed by atoms with Crippen molar-refractivity contribution in [3.63, 3.8) is 0 Å². The third-order valence-electron chi connectivity index (χ3n) is 2.82. The van der Waals surface area contributed by atoms with Gasteiger partial charge in [0, 0.05) is 6.54 Å². The number of benzene rings is 2. The third kappa shape index (κ3) is 3.63. The Bertz CT molecular complexity index is 557. The molecule has 2 aromatic rings. The number of hydrogen-bond donors (Lipinski definition) is 2. The molecule has 2 rings (SSSR count). The zero-order valence-electron chi connectivity index (χ0n) is 10.3. The first kappa shape index (κ1) is 13.2. The average Bonchev–Trinajstić information content (AvgIpc) is 2.40. The summed E-state index contributed by atoms with van der Waals surface area (Å²) in [5, 5.41) is 3.04. The van der Waals surface area contributed by atoms with E-state index in [0.29, 0.717) is 12.1 Å². The van der Waals surface area contributed by atoms with Crippen LogP contribution in [0.2, 0.25) is 0 Å².